The summed E-state index contributed by atoms with van der Waals surface area (Å²) in [6, 6.07) is 0.376. The number of rotatable bonds is 4. The van der Waals surface area contributed by atoms with Crippen LogP contribution in [0.3, 0.4) is 0 Å². The molecule has 7 rings (SSSR count). The molecule has 0 unspecified atom stereocenters. The third-order valence-corrected chi connectivity index (χ3v) is 8.75. The lowest BCUT2D eigenvalue weighted by Crippen LogP contribution is -2.71. The summed E-state index contributed by atoms with van der Waals surface area (Å²) >= 11 is 0. The van der Waals surface area contributed by atoms with Crippen LogP contribution in [0.2, 0.25) is 0 Å². The van der Waals surface area contributed by atoms with Crippen LogP contribution in [-0.2, 0) is 18.2 Å². The Balaban J connectivity index is 0.845. The Hall–Kier alpha value is -2.63. The third kappa shape index (κ3) is 3.47. The first-order valence-corrected chi connectivity index (χ1v) is 12.2. The molecule has 2 spiro atoms. The minimum atomic E-state index is -4.48. The summed E-state index contributed by atoms with van der Waals surface area (Å²) in [4.78, 5) is 24.5. The second-order valence-corrected chi connectivity index (χ2v) is 11.7. The zero-order valence-electron chi connectivity index (χ0n) is 19.2. The van der Waals surface area contributed by atoms with E-state index in [0.29, 0.717) is 18.5 Å². The lowest BCUT2D eigenvalue weighted by molar-refractivity contribution is -0.141. The quantitative estimate of drug-likeness (QED) is 0.705. The fourth-order valence-electron chi connectivity index (χ4n) is 6.74. The molecule has 0 atom stereocenters. The summed E-state index contributed by atoms with van der Waals surface area (Å²) < 4.78 is 44.9. The van der Waals surface area contributed by atoms with Crippen molar-refractivity contribution in [3.8, 4) is 0 Å². The number of halogens is 3. The molecule has 5 fully saturated rings. The van der Waals surface area contributed by atoms with Crippen molar-refractivity contribution in [2.75, 3.05) is 26.2 Å². The fourth-order valence-corrected chi connectivity index (χ4v) is 6.74. The highest BCUT2D eigenvalue weighted by Gasteiger charge is 2.59. The predicted octanol–water partition coefficient (Wildman–Crippen LogP) is 2.98. The molecule has 2 aromatic heterocycles. The van der Waals surface area contributed by atoms with Gasteiger partial charge in [-0.05, 0) is 44.4 Å². The van der Waals surface area contributed by atoms with Crippen LogP contribution in [0.4, 0.5) is 18.0 Å². The maximum absolute atomic E-state index is 12.9. The minimum absolute atomic E-state index is 0.0923. The zero-order chi connectivity index (χ0) is 24.2. The van der Waals surface area contributed by atoms with Crippen LogP contribution in [0.5, 0.6) is 0 Å². The first-order valence-electron chi connectivity index (χ1n) is 12.2. The minimum Gasteiger partial charge on any atom is -0.448 e. The molecule has 1 N–H and O–H groups in total. The van der Waals surface area contributed by atoms with E-state index >= 15 is 0 Å². The molecular weight excluding hydrogens is 465 g/mol. The van der Waals surface area contributed by atoms with Gasteiger partial charge in [-0.15, -0.1) is 0 Å². The van der Waals surface area contributed by atoms with Crippen LogP contribution >= 0.6 is 0 Å². The maximum Gasteiger partial charge on any atom is 0.436 e. The van der Waals surface area contributed by atoms with E-state index in [2.05, 4.69) is 15.1 Å². The summed E-state index contributed by atoms with van der Waals surface area (Å²) in [6.45, 7) is 2.98. The average molecular weight is 493 g/mol. The summed E-state index contributed by atoms with van der Waals surface area (Å²) in [5, 5.41) is 14.6. The summed E-state index contributed by atoms with van der Waals surface area (Å²) in [6.07, 6.45) is 3.51. The number of hydrogen-bond donors (Lipinski definition) is 1. The van der Waals surface area contributed by atoms with Crippen molar-refractivity contribution in [2.24, 2.45) is 16.7 Å². The number of hydrogen-bond acceptors (Lipinski definition) is 6. The average Bonchev–Trinajstić information content (AvgIpc) is 3.10. The highest BCUT2D eigenvalue weighted by atomic mass is 19.4. The lowest BCUT2D eigenvalue weighted by Gasteiger charge is -2.63. The Kier molecular flexibility index (Phi) is 4.19. The number of urea groups is 1. The van der Waals surface area contributed by atoms with Gasteiger partial charge >= 0.3 is 12.2 Å². The van der Waals surface area contributed by atoms with E-state index in [4.69, 9.17) is 4.42 Å². The Morgan fingerprint density at radius 3 is 2.29 bits per heavy atom. The molecule has 12 heteroatoms. The van der Waals surface area contributed by atoms with Crippen LogP contribution in [0, 0.1) is 16.7 Å². The molecule has 188 valence electrons. The number of carbonyl (C=O) groups is 1. The maximum atomic E-state index is 12.9. The van der Waals surface area contributed by atoms with Gasteiger partial charge in [-0.25, -0.2) is 19.4 Å². The van der Waals surface area contributed by atoms with E-state index < -0.39 is 17.5 Å². The van der Waals surface area contributed by atoms with Crippen LogP contribution in [0.25, 0.3) is 0 Å². The molecule has 5 aliphatic rings. The molecule has 2 saturated heterocycles. The molecule has 2 amide bonds. The van der Waals surface area contributed by atoms with Crippen molar-refractivity contribution in [1.29, 1.82) is 0 Å². The number of amides is 2. The standard InChI is InChI=1S/C23H27F3N6O3/c24-23(25,26)16-8-35-17(28-16)3-14-4-20(5-14)9-30(10-20)19(33)31-11-21(12-31)6-15(7-21)32-13-27-18(29-32)22(34)1-2-22/h8,13-15,34H,1-7,9-12H2. The SMILES string of the molecule is O=C(N1CC2(CC(Cc3nc(C(F)(F)F)co3)C2)C1)N1CC2(CC(n3cnc(C4(O)CC4)n3)C2)C1. The molecule has 3 saturated carbocycles. The van der Waals surface area contributed by atoms with Gasteiger partial charge < -0.3 is 19.3 Å². The fraction of sp³-hybridized carbons (Fsp3) is 0.739. The van der Waals surface area contributed by atoms with Crippen LogP contribution in [-0.4, -0.2) is 66.9 Å². The zero-order valence-corrected chi connectivity index (χ0v) is 19.2. The summed E-state index contributed by atoms with van der Waals surface area (Å²) in [5.74, 6) is 0.920. The number of carbonyl (C=O) groups excluding carboxylic acids is 1. The van der Waals surface area contributed by atoms with Gasteiger partial charge in [0.15, 0.2) is 17.4 Å². The first kappa shape index (κ1) is 21.6. The van der Waals surface area contributed by atoms with Crippen molar-refractivity contribution in [2.45, 2.75) is 62.8 Å². The van der Waals surface area contributed by atoms with Crippen molar-refractivity contribution < 1.29 is 27.5 Å². The van der Waals surface area contributed by atoms with E-state index in [9.17, 15) is 23.1 Å². The van der Waals surface area contributed by atoms with E-state index in [1.807, 2.05) is 14.5 Å². The van der Waals surface area contributed by atoms with Gasteiger partial charge in [0.25, 0.3) is 0 Å². The van der Waals surface area contributed by atoms with Gasteiger partial charge in [0.05, 0.1) is 6.04 Å². The Bertz CT molecular complexity index is 1160. The second-order valence-electron chi connectivity index (χ2n) is 11.7. The topological polar surface area (TPSA) is 101 Å². The lowest BCUT2D eigenvalue weighted by atomic mass is 9.57. The van der Waals surface area contributed by atoms with Gasteiger partial charge in [-0.1, -0.05) is 0 Å². The third-order valence-electron chi connectivity index (χ3n) is 8.75. The van der Waals surface area contributed by atoms with Gasteiger partial charge in [-0.3, -0.25) is 0 Å². The summed E-state index contributed by atoms with van der Waals surface area (Å²) in [5.41, 5.74) is -1.50. The van der Waals surface area contributed by atoms with E-state index in [-0.39, 0.29) is 34.7 Å². The molecular formula is C23H27F3N6O3. The monoisotopic (exact) mass is 492 g/mol. The number of aromatic nitrogens is 4. The molecule has 0 aromatic carbocycles. The molecule has 2 aromatic rings. The van der Waals surface area contributed by atoms with E-state index in [1.54, 1.807) is 6.33 Å². The van der Waals surface area contributed by atoms with Crippen molar-refractivity contribution >= 4 is 6.03 Å². The summed E-state index contributed by atoms with van der Waals surface area (Å²) in [7, 11) is 0. The molecule has 9 nitrogen and oxygen atoms in total. The normalized spacial score (nSPS) is 26.3. The van der Waals surface area contributed by atoms with Crippen LogP contribution < -0.4 is 0 Å². The molecule has 0 bridgehead atoms. The number of nitrogens with zero attached hydrogens (tertiary/aromatic N) is 6. The van der Waals surface area contributed by atoms with Gasteiger partial charge in [0.1, 0.15) is 18.2 Å². The predicted molar refractivity (Wildman–Crippen MR) is 113 cm³/mol. The largest absolute Gasteiger partial charge is 0.448 e. The molecule has 2 aliphatic heterocycles. The molecule has 4 heterocycles. The molecule has 0 radical (unpaired) electrons. The highest BCUT2D eigenvalue weighted by molar-refractivity contribution is 5.77. The number of aliphatic hydroxyl groups is 1. The number of oxazole rings is 1. The van der Waals surface area contributed by atoms with Gasteiger partial charge in [0, 0.05) is 43.4 Å². The van der Waals surface area contributed by atoms with Crippen LogP contribution in [0.1, 0.15) is 62.0 Å². The van der Waals surface area contributed by atoms with E-state index in [0.717, 1.165) is 64.7 Å². The van der Waals surface area contributed by atoms with Crippen molar-refractivity contribution in [3.05, 3.63) is 30.0 Å². The molecule has 3 aliphatic carbocycles. The Morgan fingerprint density at radius 2 is 1.71 bits per heavy atom. The Labute approximate surface area is 199 Å². The first-order chi connectivity index (χ1) is 16.5. The van der Waals surface area contributed by atoms with Crippen LogP contribution in [0.15, 0.2) is 17.0 Å². The molecule has 35 heavy (non-hydrogen) atoms. The smallest absolute Gasteiger partial charge is 0.436 e. The van der Waals surface area contributed by atoms with Crippen molar-refractivity contribution in [3.63, 3.8) is 0 Å². The van der Waals surface area contributed by atoms with Gasteiger partial charge in [0.2, 0.25) is 0 Å². The Morgan fingerprint density at radius 1 is 1.09 bits per heavy atom. The number of alkyl halides is 3. The highest BCUT2D eigenvalue weighted by Crippen LogP contribution is 2.56. The number of likely N-dealkylation sites (tertiary alicyclic amines) is 2. The van der Waals surface area contributed by atoms with E-state index in [1.165, 1.54) is 0 Å². The second kappa shape index (κ2) is 6.77. The van der Waals surface area contributed by atoms with Crippen molar-refractivity contribution in [1.82, 2.24) is 29.5 Å². The van der Waals surface area contributed by atoms with Gasteiger partial charge in [-0.2, -0.15) is 18.3 Å².